The predicted octanol–water partition coefficient (Wildman–Crippen LogP) is -2.11. The summed E-state index contributed by atoms with van der Waals surface area (Å²) in [6.07, 6.45) is 0. The van der Waals surface area contributed by atoms with Gasteiger partial charge in [-0.1, -0.05) is 0 Å². The van der Waals surface area contributed by atoms with Gasteiger partial charge in [0.15, 0.2) is 0 Å². The minimum absolute atomic E-state index is 0. The molecule has 0 aliphatic heterocycles. The molecule has 3 aromatic rings. The first-order valence-corrected chi connectivity index (χ1v) is 12.5. The largest absolute Gasteiger partial charge is 2.00 e. The van der Waals surface area contributed by atoms with Gasteiger partial charge < -0.3 is 29.0 Å². The summed E-state index contributed by atoms with van der Waals surface area (Å²) in [5.41, 5.74) is 0. The van der Waals surface area contributed by atoms with E-state index in [2.05, 4.69) is 0 Å². The second-order valence-electron chi connectivity index (χ2n) is 5.84. The van der Waals surface area contributed by atoms with Gasteiger partial charge in [0.25, 0.3) is 0 Å². The summed E-state index contributed by atoms with van der Waals surface area (Å²) >= 11 is 0. The molecule has 3 aromatic carbocycles. The molecule has 0 aliphatic rings. The van der Waals surface area contributed by atoms with Crippen molar-refractivity contribution in [3.63, 3.8) is 0 Å². The first-order valence-electron chi connectivity index (χ1n) is 8.25. The molecule has 0 saturated carbocycles. The zero-order chi connectivity index (χ0) is 25.4. The summed E-state index contributed by atoms with van der Waals surface area (Å²) in [7, 11) is -13.1. The molecule has 12 nitrogen and oxygen atoms in total. The van der Waals surface area contributed by atoms with E-state index in [-0.39, 0.29) is 89.2 Å². The minimum Gasteiger partial charge on any atom is -0.744 e. The van der Waals surface area contributed by atoms with Crippen LogP contribution < -0.4 is 29.6 Å². The Hall–Kier alpha value is -1.27. The molecule has 3 N–H and O–H groups in total. The van der Waals surface area contributed by atoms with E-state index in [0.717, 1.165) is 72.8 Å². The average Bonchev–Trinajstić information content (AvgIpc) is 2.68. The maximum Gasteiger partial charge on any atom is 2.00 e. The van der Waals surface area contributed by atoms with Gasteiger partial charge in [-0.3, -0.25) is 0 Å². The van der Waals surface area contributed by atoms with Crippen molar-refractivity contribution in [2.45, 2.75) is 14.7 Å². The normalized spacial score (nSPS) is 10.7. The van der Waals surface area contributed by atoms with Crippen LogP contribution in [0.25, 0.3) is 0 Å². The van der Waals surface area contributed by atoms with Crippen LogP contribution in [0.4, 0.5) is 0 Å². The molecule has 0 heterocycles. The Morgan fingerprint density at radius 2 is 0.571 bits per heavy atom. The second kappa shape index (κ2) is 15.1. The van der Waals surface area contributed by atoms with Crippen molar-refractivity contribution in [1.82, 2.24) is 0 Å². The number of rotatable bonds is 3. The Labute approximate surface area is 244 Å². The number of hydrogen-bond donors (Lipinski definition) is 3. The molecule has 180 valence electrons. The van der Waals surface area contributed by atoms with Crippen molar-refractivity contribution >= 4 is 30.4 Å². The fourth-order valence-corrected chi connectivity index (χ4v) is 3.25. The van der Waals surface area contributed by atoms with Crippen molar-refractivity contribution in [3.8, 4) is 17.2 Å². The third kappa shape index (κ3) is 14.2. The van der Waals surface area contributed by atoms with Crippen LogP contribution >= 0.6 is 0 Å². The molecule has 0 saturated heterocycles. The third-order valence-electron chi connectivity index (χ3n) is 3.38. The number of phenolic OH excluding ortho intramolecular Hbond substituents is 3. The maximum absolute atomic E-state index is 10.3. The van der Waals surface area contributed by atoms with Crippen molar-refractivity contribution in [2.24, 2.45) is 0 Å². The summed E-state index contributed by atoms with van der Waals surface area (Å²) < 4.78 is 92.8. The Bertz CT molecular complexity index is 1200. The summed E-state index contributed by atoms with van der Waals surface area (Å²) in [5, 5.41) is 26.2. The quantitative estimate of drug-likeness (QED) is 0.193. The molecule has 0 unspecified atom stereocenters. The molecule has 0 bridgehead atoms. The van der Waals surface area contributed by atoms with Gasteiger partial charge in [-0.15, -0.1) is 0 Å². The van der Waals surface area contributed by atoms with Crippen molar-refractivity contribution < 1.29 is 111 Å². The smallest absolute Gasteiger partial charge is 0.744 e. The molecule has 0 amide bonds. The van der Waals surface area contributed by atoms with Gasteiger partial charge in [0, 0.05) is 0 Å². The van der Waals surface area contributed by atoms with Crippen LogP contribution in [0.2, 0.25) is 0 Å². The van der Waals surface area contributed by atoms with Crippen LogP contribution in [0, 0.1) is 0 Å². The molecule has 0 aromatic heterocycles. The van der Waals surface area contributed by atoms with Gasteiger partial charge in [-0.2, -0.15) is 0 Å². The summed E-state index contributed by atoms with van der Waals surface area (Å²) in [5.74, 6) is -0.216. The van der Waals surface area contributed by atoms with Crippen LogP contribution in [0.15, 0.2) is 87.5 Å². The van der Waals surface area contributed by atoms with Gasteiger partial charge in [0.05, 0.1) is 14.7 Å². The number of hydrogen-bond acceptors (Lipinski definition) is 12. The molecule has 0 aliphatic carbocycles. The Balaban J connectivity index is 0. The second-order valence-corrected chi connectivity index (χ2v) is 9.98. The van der Waals surface area contributed by atoms with Crippen LogP contribution in [0.1, 0.15) is 0 Å². The molecule has 35 heavy (non-hydrogen) atoms. The van der Waals surface area contributed by atoms with Crippen LogP contribution in [0.5, 0.6) is 17.2 Å². The van der Waals surface area contributed by atoms with Gasteiger partial charge >= 0.3 is 57.2 Å². The van der Waals surface area contributed by atoms with Crippen LogP contribution in [-0.2, 0) is 58.0 Å². The van der Waals surface area contributed by atoms with E-state index in [4.69, 9.17) is 15.3 Å². The first kappa shape index (κ1) is 35.9. The fourth-order valence-electron chi connectivity index (χ4n) is 1.84. The Morgan fingerprint density at radius 1 is 0.429 bits per heavy atom. The zero-order valence-electron chi connectivity index (χ0n) is 17.9. The van der Waals surface area contributed by atoms with E-state index in [1.807, 2.05) is 0 Å². The standard InChI is InChI=1S/3C6H6O4S.Hg.Na/c3*7-5-1-3-6(4-2-5)11(8,9)10;;/h3*1-4,7H,(H,8,9,10);;/q;;;+2;+1/p-3. The molecule has 0 atom stereocenters. The van der Waals surface area contributed by atoms with Gasteiger partial charge in [0.1, 0.15) is 47.6 Å². The third-order valence-corrected chi connectivity index (χ3v) is 5.92. The topological polar surface area (TPSA) is 232 Å². The fraction of sp³-hybridized carbons (Fsp3) is 0. The van der Waals surface area contributed by atoms with Crippen LogP contribution in [0.3, 0.4) is 0 Å². The van der Waals surface area contributed by atoms with E-state index in [1.54, 1.807) is 0 Å². The number of benzene rings is 3. The Morgan fingerprint density at radius 3 is 0.686 bits per heavy atom. The monoisotopic (exact) mass is 744 g/mol. The maximum atomic E-state index is 10.3. The Kier molecular flexibility index (Phi) is 15.5. The summed E-state index contributed by atoms with van der Waals surface area (Å²) in [6.45, 7) is 0. The number of phenols is 3. The van der Waals surface area contributed by atoms with Gasteiger partial charge in [-0.25, -0.2) is 25.3 Å². The molecular formula is C18H15HgNaO12S3. The molecule has 0 spiro atoms. The zero-order valence-corrected chi connectivity index (χ0v) is 27.8. The molecule has 0 fully saturated rings. The minimum atomic E-state index is -4.38. The number of aromatic hydroxyl groups is 3. The molecular weight excluding hydrogens is 728 g/mol. The van der Waals surface area contributed by atoms with E-state index < -0.39 is 30.4 Å². The van der Waals surface area contributed by atoms with E-state index in [0.29, 0.717) is 0 Å². The van der Waals surface area contributed by atoms with Crippen molar-refractivity contribution in [3.05, 3.63) is 72.8 Å². The van der Waals surface area contributed by atoms with Gasteiger partial charge in [0.2, 0.25) is 0 Å². The van der Waals surface area contributed by atoms with Gasteiger partial charge in [-0.05, 0) is 72.8 Å². The first-order chi connectivity index (χ1) is 15.0. The average molecular weight is 743 g/mol. The summed E-state index contributed by atoms with van der Waals surface area (Å²) in [6, 6.07) is 13.2. The SMILES string of the molecule is O=S(=O)([O-])c1ccc(O)cc1.O=S(=O)([O-])c1ccc(O)cc1.O=S(=O)([O-])c1ccc(O)cc1.[Hg+2].[Na+]. The molecule has 0 radical (unpaired) electrons. The van der Waals surface area contributed by atoms with E-state index >= 15 is 0 Å². The van der Waals surface area contributed by atoms with Crippen LogP contribution in [-0.4, -0.2) is 54.2 Å². The molecule has 3 rings (SSSR count). The van der Waals surface area contributed by atoms with E-state index in [9.17, 15) is 38.9 Å². The van der Waals surface area contributed by atoms with E-state index in [1.165, 1.54) is 0 Å². The van der Waals surface area contributed by atoms with Crippen molar-refractivity contribution in [1.29, 1.82) is 0 Å². The molecule has 17 heteroatoms. The predicted molar refractivity (Wildman–Crippen MR) is 108 cm³/mol. The summed E-state index contributed by atoms with van der Waals surface area (Å²) in [4.78, 5) is -1.01. The van der Waals surface area contributed by atoms with Crippen molar-refractivity contribution in [2.75, 3.05) is 0 Å².